The van der Waals surface area contributed by atoms with Crippen molar-refractivity contribution in [3.8, 4) is 0 Å². The monoisotopic (exact) mass is 336 g/mol. The molecule has 1 heterocycles. The number of piperidine rings is 1. The van der Waals surface area contributed by atoms with Gasteiger partial charge in [0.05, 0.1) is 0 Å². The van der Waals surface area contributed by atoms with Gasteiger partial charge in [-0.3, -0.25) is 0 Å². The molecule has 0 bridgehead atoms. The Labute approximate surface area is 131 Å². The Morgan fingerprint density at radius 3 is 2.85 bits per heavy atom. The SMILES string of the molecule is CC1(C)CCCN(c2ccc(Br)cc2CNC2CC2)C1. The minimum absolute atomic E-state index is 0.437. The Bertz CT molecular complexity index is 480. The fourth-order valence-corrected chi connectivity index (χ4v) is 3.58. The molecule has 0 aromatic heterocycles. The average molecular weight is 337 g/mol. The van der Waals surface area contributed by atoms with Crippen LogP contribution in [0.1, 0.15) is 45.1 Å². The van der Waals surface area contributed by atoms with E-state index in [1.54, 1.807) is 0 Å². The van der Waals surface area contributed by atoms with Crippen molar-refractivity contribution >= 4 is 21.6 Å². The van der Waals surface area contributed by atoms with Gasteiger partial charge in [-0.25, -0.2) is 0 Å². The third-order valence-electron chi connectivity index (χ3n) is 4.44. The lowest BCUT2D eigenvalue weighted by atomic mass is 9.84. The van der Waals surface area contributed by atoms with Gasteiger partial charge in [-0.2, -0.15) is 0 Å². The first-order chi connectivity index (χ1) is 9.53. The van der Waals surface area contributed by atoms with Crippen molar-refractivity contribution in [1.29, 1.82) is 0 Å². The largest absolute Gasteiger partial charge is 0.371 e. The lowest BCUT2D eigenvalue weighted by Gasteiger charge is -2.40. The number of rotatable bonds is 4. The van der Waals surface area contributed by atoms with E-state index in [1.807, 2.05) is 0 Å². The molecular weight excluding hydrogens is 312 g/mol. The molecule has 2 fully saturated rings. The van der Waals surface area contributed by atoms with E-state index in [1.165, 1.54) is 54.5 Å². The van der Waals surface area contributed by atoms with E-state index in [-0.39, 0.29) is 0 Å². The van der Waals surface area contributed by atoms with E-state index in [9.17, 15) is 0 Å². The van der Waals surface area contributed by atoms with Crippen molar-refractivity contribution in [3.63, 3.8) is 0 Å². The molecule has 0 unspecified atom stereocenters. The zero-order chi connectivity index (χ0) is 14.2. The number of hydrogen-bond donors (Lipinski definition) is 1. The minimum atomic E-state index is 0.437. The molecule has 1 aliphatic heterocycles. The predicted molar refractivity (Wildman–Crippen MR) is 89.2 cm³/mol. The minimum Gasteiger partial charge on any atom is -0.371 e. The molecule has 20 heavy (non-hydrogen) atoms. The van der Waals surface area contributed by atoms with Gasteiger partial charge in [-0.15, -0.1) is 0 Å². The third-order valence-corrected chi connectivity index (χ3v) is 4.93. The maximum Gasteiger partial charge on any atom is 0.0412 e. The predicted octanol–water partition coefficient (Wildman–Crippen LogP) is 4.33. The van der Waals surface area contributed by atoms with E-state index in [0.717, 1.165) is 12.6 Å². The Balaban J connectivity index is 1.79. The summed E-state index contributed by atoms with van der Waals surface area (Å²) in [7, 11) is 0. The summed E-state index contributed by atoms with van der Waals surface area (Å²) in [6.45, 7) is 8.14. The molecule has 0 radical (unpaired) electrons. The number of anilines is 1. The summed E-state index contributed by atoms with van der Waals surface area (Å²) in [6.07, 6.45) is 5.34. The highest BCUT2D eigenvalue weighted by Gasteiger charge is 2.28. The van der Waals surface area contributed by atoms with Crippen LogP contribution in [-0.4, -0.2) is 19.1 Å². The van der Waals surface area contributed by atoms with E-state index in [4.69, 9.17) is 0 Å². The van der Waals surface area contributed by atoms with Crippen LogP contribution in [-0.2, 0) is 6.54 Å². The number of halogens is 1. The van der Waals surface area contributed by atoms with Gasteiger partial charge in [-0.05, 0) is 54.9 Å². The average Bonchev–Trinajstić information content (AvgIpc) is 3.19. The topological polar surface area (TPSA) is 15.3 Å². The molecule has 2 nitrogen and oxygen atoms in total. The number of nitrogens with one attached hydrogen (secondary N) is 1. The lowest BCUT2D eigenvalue weighted by molar-refractivity contribution is 0.293. The molecule has 1 saturated carbocycles. The van der Waals surface area contributed by atoms with E-state index in [0.29, 0.717) is 5.41 Å². The molecule has 0 spiro atoms. The Morgan fingerprint density at radius 1 is 1.35 bits per heavy atom. The second-order valence-electron chi connectivity index (χ2n) is 7.12. The van der Waals surface area contributed by atoms with Crippen molar-refractivity contribution in [3.05, 3.63) is 28.2 Å². The molecule has 3 rings (SSSR count). The third kappa shape index (κ3) is 3.56. The first kappa shape index (κ1) is 14.4. The van der Waals surface area contributed by atoms with Gasteiger partial charge >= 0.3 is 0 Å². The van der Waals surface area contributed by atoms with Crippen LogP contribution in [0, 0.1) is 5.41 Å². The Hall–Kier alpha value is -0.540. The number of hydrogen-bond acceptors (Lipinski definition) is 2. The molecule has 0 amide bonds. The van der Waals surface area contributed by atoms with Crippen LogP contribution in [0.3, 0.4) is 0 Å². The standard InChI is InChI=1S/C17H25BrN2/c1-17(2)8-3-9-20(12-17)16-7-4-14(18)10-13(16)11-19-15-5-6-15/h4,7,10,15,19H,3,5-6,8-9,11-12H2,1-2H3. The van der Waals surface area contributed by atoms with Crippen LogP contribution in [0.25, 0.3) is 0 Å². The molecule has 2 aliphatic rings. The van der Waals surface area contributed by atoms with Gasteiger partial charge in [-0.1, -0.05) is 29.8 Å². The molecule has 0 atom stereocenters. The first-order valence-electron chi connectivity index (χ1n) is 7.80. The van der Waals surface area contributed by atoms with E-state index in [2.05, 4.69) is 58.2 Å². The van der Waals surface area contributed by atoms with Gasteiger partial charge in [0.1, 0.15) is 0 Å². The van der Waals surface area contributed by atoms with Gasteiger partial charge in [0.15, 0.2) is 0 Å². The quantitative estimate of drug-likeness (QED) is 0.880. The Morgan fingerprint density at radius 2 is 2.15 bits per heavy atom. The van der Waals surface area contributed by atoms with Crippen molar-refractivity contribution < 1.29 is 0 Å². The van der Waals surface area contributed by atoms with Crippen LogP contribution >= 0.6 is 15.9 Å². The fourth-order valence-electron chi connectivity index (χ4n) is 3.17. The zero-order valence-electron chi connectivity index (χ0n) is 12.6. The number of nitrogens with zero attached hydrogens (tertiary/aromatic N) is 1. The molecule has 1 aromatic rings. The highest BCUT2D eigenvalue weighted by molar-refractivity contribution is 9.10. The fraction of sp³-hybridized carbons (Fsp3) is 0.647. The van der Waals surface area contributed by atoms with Crippen molar-refractivity contribution in [2.45, 2.75) is 52.1 Å². The summed E-state index contributed by atoms with van der Waals surface area (Å²) in [5.41, 5.74) is 3.30. The van der Waals surface area contributed by atoms with E-state index < -0.39 is 0 Å². The number of benzene rings is 1. The zero-order valence-corrected chi connectivity index (χ0v) is 14.2. The Kier molecular flexibility index (Phi) is 4.09. The summed E-state index contributed by atoms with van der Waals surface area (Å²) >= 11 is 3.62. The summed E-state index contributed by atoms with van der Waals surface area (Å²) in [6, 6.07) is 7.51. The molecule has 1 saturated heterocycles. The van der Waals surface area contributed by atoms with Crippen LogP contribution in [0.5, 0.6) is 0 Å². The summed E-state index contributed by atoms with van der Waals surface area (Å²) in [5, 5.41) is 3.65. The van der Waals surface area contributed by atoms with Crippen molar-refractivity contribution in [1.82, 2.24) is 5.32 Å². The highest BCUT2D eigenvalue weighted by atomic mass is 79.9. The molecular formula is C17H25BrN2. The van der Waals surface area contributed by atoms with Crippen LogP contribution in [0.2, 0.25) is 0 Å². The van der Waals surface area contributed by atoms with Crippen LogP contribution in [0.4, 0.5) is 5.69 Å². The molecule has 1 aromatic carbocycles. The second-order valence-corrected chi connectivity index (χ2v) is 8.03. The van der Waals surface area contributed by atoms with Crippen LogP contribution in [0.15, 0.2) is 22.7 Å². The lowest BCUT2D eigenvalue weighted by Crippen LogP contribution is -2.40. The smallest absolute Gasteiger partial charge is 0.0412 e. The van der Waals surface area contributed by atoms with Crippen LogP contribution < -0.4 is 10.2 Å². The van der Waals surface area contributed by atoms with Crippen molar-refractivity contribution in [2.75, 3.05) is 18.0 Å². The summed E-state index contributed by atoms with van der Waals surface area (Å²) < 4.78 is 1.19. The van der Waals surface area contributed by atoms with Gasteiger partial charge < -0.3 is 10.2 Å². The van der Waals surface area contributed by atoms with E-state index >= 15 is 0 Å². The molecule has 3 heteroatoms. The van der Waals surface area contributed by atoms with Gasteiger partial charge in [0.25, 0.3) is 0 Å². The maximum atomic E-state index is 3.65. The summed E-state index contributed by atoms with van der Waals surface area (Å²) in [4.78, 5) is 2.58. The molecule has 1 N–H and O–H groups in total. The molecule has 110 valence electrons. The first-order valence-corrected chi connectivity index (χ1v) is 8.60. The maximum absolute atomic E-state index is 3.65. The highest BCUT2D eigenvalue weighted by Crippen LogP contribution is 2.34. The molecule has 1 aliphatic carbocycles. The van der Waals surface area contributed by atoms with Gasteiger partial charge in [0.2, 0.25) is 0 Å². The van der Waals surface area contributed by atoms with Gasteiger partial charge in [0, 0.05) is 35.8 Å². The second kappa shape index (κ2) is 5.69. The van der Waals surface area contributed by atoms with Crippen molar-refractivity contribution in [2.24, 2.45) is 5.41 Å². The normalized spacial score (nSPS) is 22.1. The summed E-state index contributed by atoms with van der Waals surface area (Å²) in [5.74, 6) is 0.